The number of benzene rings is 2. The first-order valence-corrected chi connectivity index (χ1v) is 11.8. The Morgan fingerprint density at radius 1 is 1.24 bits per heavy atom. The molecule has 2 aromatic carbocycles. The van der Waals surface area contributed by atoms with E-state index in [9.17, 15) is 9.59 Å². The number of hydrogen-bond acceptors (Lipinski definition) is 6. The summed E-state index contributed by atoms with van der Waals surface area (Å²) in [6.45, 7) is 3.53. The third kappa shape index (κ3) is 4.06. The summed E-state index contributed by atoms with van der Waals surface area (Å²) in [6.07, 6.45) is 0.117. The SMILES string of the molecule is CCCSc1n[n+]2c(c(=O)[nH]1)-c1ccccc1N(C(C)=O)C2c1cc(OC)c(OC)cc1Cl. The molecule has 172 valence electrons. The van der Waals surface area contributed by atoms with Crippen molar-refractivity contribution in [1.29, 1.82) is 0 Å². The first kappa shape index (κ1) is 23.1. The van der Waals surface area contributed by atoms with Crippen molar-refractivity contribution >= 4 is 35.0 Å². The van der Waals surface area contributed by atoms with E-state index in [4.69, 9.17) is 26.2 Å². The minimum atomic E-state index is -0.803. The number of nitrogens with zero attached hydrogens (tertiary/aromatic N) is 3. The third-order valence-corrected chi connectivity index (χ3v) is 6.72. The van der Waals surface area contributed by atoms with Crippen LogP contribution in [0.1, 0.15) is 32.0 Å². The quantitative estimate of drug-likeness (QED) is 0.420. The smallest absolute Gasteiger partial charge is 0.325 e. The Labute approximate surface area is 200 Å². The predicted molar refractivity (Wildman–Crippen MR) is 127 cm³/mol. The van der Waals surface area contributed by atoms with Crippen LogP contribution in [-0.2, 0) is 4.79 Å². The van der Waals surface area contributed by atoms with Crippen molar-refractivity contribution in [2.75, 3.05) is 24.9 Å². The maximum absolute atomic E-state index is 13.3. The molecule has 0 spiro atoms. The van der Waals surface area contributed by atoms with Gasteiger partial charge in [0, 0.05) is 23.8 Å². The van der Waals surface area contributed by atoms with Crippen LogP contribution in [0.15, 0.2) is 46.3 Å². The van der Waals surface area contributed by atoms with Gasteiger partial charge in [-0.3, -0.25) is 14.6 Å². The molecular weight excluding hydrogens is 464 g/mol. The molecule has 1 unspecified atom stereocenters. The van der Waals surface area contributed by atoms with Crippen LogP contribution in [0, 0.1) is 0 Å². The van der Waals surface area contributed by atoms with Gasteiger partial charge in [0.1, 0.15) is 0 Å². The molecule has 1 atom stereocenters. The molecule has 0 aliphatic carbocycles. The van der Waals surface area contributed by atoms with Crippen LogP contribution in [0.3, 0.4) is 0 Å². The number of halogens is 1. The fourth-order valence-electron chi connectivity index (χ4n) is 3.93. The number of ether oxygens (including phenoxy) is 2. The molecule has 10 heteroatoms. The number of aromatic amines is 1. The van der Waals surface area contributed by atoms with E-state index in [2.05, 4.69) is 11.9 Å². The minimum Gasteiger partial charge on any atom is -0.493 e. The summed E-state index contributed by atoms with van der Waals surface area (Å²) < 4.78 is 12.4. The number of fused-ring (bicyclic) bond motifs is 3. The molecule has 2 heterocycles. The summed E-state index contributed by atoms with van der Waals surface area (Å²) in [5, 5.41) is 5.56. The fourth-order valence-corrected chi connectivity index (χ4v) is 4.88. The average molecular weight is 488 g/mol. The van der Waals surface area contributed by atoms with E-state index in [-0.39, 0.29) is 11.5 Å². The number of para-hydroxylation sites is 1. The number of anilines is 1. The van der Waals surface area contributed by atoms with Crippen molar-refractivity contribution in [1.82, 2.24) is 10.1 Å². The zero-order chi connectivity index (χ0) is 23.7. The molecule has 0 bridgehead atoms. The van der Waals surface area contributed by atoms with Crippen LogP contribution in [0.4, 0.5) is 5.69 Å². The number of carbonyl (C=O) groups is 1. The lowest BCUT2D eigenvalue weighted by atomic mass is 10.0. The van der Waals surface area contributed by atoms with Gasteiger partial charge in [-0.25, -0.2) is 4.90 Å². The van der Waals surface area contributed by atoms with Crippen molar-refractivity contribution in [2.45, 2.75) is 31.6 Å². The number of hydrogen-bond donors (Lipinski definition) is 1. The predicted octanol–water partition coefficient (Wildman–Crippen LogP) is 3.81. The van der Waals surface area contributed by atoms with Crippen molar-refractivity contribution < 1.29 is 19.0 Å². The van der Waals surface area contributed by atoms with Crippen LogP contribution >= 0.6 is 23.4 Å². The van der Waals surface area contributed by atoms with Gasteiger partial charge in [0.25, 0.3) is 6.17 Å². The molecule has 1 N–H and O–H groups in total. The van der Waals surface area contributed by atoms with Crippen LogP contribution in [-0.4, -0.2) is 36.0 Å². The number of thioether (sulfide) groups is 1. The molecule has 33 heavy (non-hydrogen) atoms. The van der Waals surface area contributed by atoms with Crippen molar-refractivity contribution in [3.8, 4) is 22.8 Å². The molecule has 1 amide bonds. The highest BCUT2D eigenvalue weighted by atomic mass is 35.5. The Balaban J connectivity index is 2.06. The van der Waals surface area contributed by atoms with Crippen molar-refractivity contribution in [3.05, 3.63) is 57.3 Å². The Morgan fingerprint density at radius 2 is 1.94 bits per heavy atom. The number of nitrogens with one attached hydrogen (secondary N) is 1. The number of carbonyl (C=O) groups excluding carboxylic acids is 1. The Kier molecular flexibility index (Phi) is 6.62. The first-order valence-electron chi connectivity index (χ1n) is 10.4. The second kappa shape index (κ2) is 9.44. The zero-order valence-corrected chi connectivity index (χ0v) is 20.3. The largest absolute Gasteiger partial charge is 0.493 e. The molecule has 8 nitrogen and oxygen atoms in total. The Morgan fingerprint density at radius 3 is 2.61 bits per heavy atom. The number of methoxy groups -OCH3 is 2. The Hall–Kier alpha value is -3.04. The van der Waals surface area contributed by atoms with E-state index in [1.807, 2.05) is 12.1 Å². The highest BCUT2D eigenvalue weighted by molar-refractivity contribution is 7.99. The molecule has 0 radical (unpaired) electrons. The monoisotopic (exact) mass is 487 g/mol. The van der Waals surface area contributed by atoms with E-state index in [0.29, 0.717) is 44.2 Å². The lowest BCUT2D eigenvalue weighted by molar-refractivity contribution is -0.763. The van der Waals surface area contributed by atoms with Crippen LogP contribution < -0.4 is 24.6 Å². The fraction of sp³-hybridized carbons (Fsp3) is 0.304. The van der Waals surface area contributed by atoms with Gasteiger partial charge in [-0.2, -0.15) is 0 Å². The van der Waals surface area contributed by atoms with Gasteiger partial charge in [0.05, 0.1) is 36.1 Å². The lowest BCUT2D eigenvalue weighted by Crippen LogP contribution is -2.60. The molecule has 1 aliphatic heterocycles. The van der Waals surface area contributed by atoms with Gasteiger partial charge >= 0.3 is 11.3 Å². The minimum absolute atomic E-state index is 0.221. The first-order chi connectivity index (χ1) is 15.9. The highest BCUT2D eigenvalue weighted by Gasteiger charge is 2.46. The summed E-state index contributed by atoms with van der Waals surface area (Å²) in [4.78, 5) is 30.7. The standard InChI is InChI=1S/C23H23ClN4O4S/c1-5-10-33-23-25-21(30)20-14-8-6-7-9-17(14)27(13(2)29)22(28(20)26-23)15-11-18(31-3)19(32-4)12-16(15)24/h6-9,11-12,22H,5,10H2,1-4H3/p+1. The lowest BCUT2D eigenvalue weighted by Gasteiger charge is -2.31. The van der Waals surface area contributed by atoms with E-state index in [0.717, 1.165) is 12.2 Å². The Bertz CT molecular complexity index is 1280. The maximum Gasteiger partial charge on any atom is 0.325 e. The normalized spacial score (nSPS) is 14.5. The second-order valence-corrected chi connectivity index (χ2v) is 8.90. The number of amides is 1. The van der Waals surface area contributed by atoms with Gasteiger partial charge in [-0.15, -0.1) is 0 Å². The molecule has 3 aromatic rings. The topological polar surface area (TPSA) is 88.4 Å². The summed E-state index contributed by atoms with van der Waals surface area (Å²) in [5.41, 5.74) is 1.82. The molecule has 1 aliphatic rings. The molecule has 0 saturated heterocycles. The van der Waals surface area contributed by atoms with Crippen LogP contribution in [0.25, 0.3) is 11.3 Å². The molecule has 1 aromatic heterocycles. The van der Waals surface area contributed by atoms with E-state index >= 15 is 0 Å². The number of H-pyrrole nitrogens is 1. The second-order valence-electron chi connectivity index (χ2n) is 7.41. The number of rotatable bonds is 6. The van der Waals surface area contributed by atoms with Gasteiger partial charge in [0.15, 0.2) is 11.5 Å². The van der Waals surface area contributed by atoms with E-state index in [1.54, 1.807) is 33.8 Å². The summed E-state index contributed by atoms with van der Waals surface area (Å²) in [5.74, 6) is 1.48. The molecule has 0 saturated carbocycles. The summed E-state index contributed by atoms with van der Waals surface area (Å²) in [6, 6.07) is 10.6. The highest BCUT2D eigenvalue weighted by Crippen LogP contribution is 2.42. The third-order valence-electron chi connectivity index (χ3n) is 5.32. The van der Waals surface area contributed by atoms with Gasteiger partial charge in [-0.1, -0.05) is 42.4 Å². The van der Waals surface area contributed by atoms with Crippen LogP contribution in [0.2, 0.25) is 5.02 Å². The van der Waals surface area contributed by atoms with Gasteiger partial charge in [-0.05, 0) is 29.3 Å². The van der Waals surface area contributed by atoms with Crippen molar-refractivity contribution in [2.24, 2.45) is 0 Å². The van der Waals surface area contributed by atoms with Gasteiger partial charge in [0.2, 0.25) is 11.1 Å². The number of aromatic nitrogens is 3. The maximum atomic E-state index is 13.3. The molecule has 0 fully saturated rings. The zero-order valence-electron chi connectivity index (χ0n) is 18.7. The average Bonchev–Trinajstić information content (AvgIpc) is 2.81. The summed E-state index contributed by atoms with van der Waals surface area (Å²) in [7, 11) is 3.05. The van der Waals surface area contributed by atoms with E-state index < -0.39 is 6.17 Å². The van der Waals surface area contributed by atoms with E-state index in [1.165, 1.54) is 32.9 Å². The molecular formula is C23H24ClN4O4S+. The van der Waals surface area contributed by atoms with Crippen molar-refractivity contribution in [3.63, 3.8) is 0 Å². The molecule has 4 rings (SSSR count). The van der Waals surface area contributed by atoms with Crippen LogP contribution in [0.5, 0.6) is 11.5 Å². The summed E-state index contributed by atoms with van der Waals surface area (Å²) >= 11 is 8.14. The van der Waals surface area contributed by atoms with Gasteiger partial charge < -0.3 is 9.47 Å².